The Morgan fingerprint density at radius 1 is 1.38 bits per heavy atom. The lowest BCUT2D eigenvalue weighted by Crippen LogP contribution is -2.25. The van der Waals surface area contributed by atoms with Crippen molar-refractivity contribution in [3.05, 3.63) is 35.1 Å². The monoisotopic (exact) mass is 183 g/mol. The Bertz CT molecular complexity index is 310. The average Bonchev–Trinajstić information content (AvgIpc) is 2.09. The summed E-state index contributed by atoms with van der Waals surface area (Å²) in [5, 5.41) is 0. The Morgan fingerprint density at radius 3 is 2.46 bits per heavy atom. The van der Waals surface area contributed by atoms with E-state index >= 15 is 0 Å². The Balaban J connectivity index is 3.10. The van der Waals surface area contributed by atoms with Crippen molar-refractivity contribution in [1.82, 2.24) is 0 Å². The Labute approximate surface area is 77.5 Å². The molecule has 0 saturated carbocycles. The first-order valence-electron chi connectivity index (χ1n) is 4.12. The molecule has 3 heteroatoms. The molecule has 0 bridgehead atoms. The van der Waals surface area contributed by atoms with Crippen molar-refractivity contribution < 1.29 is 9.23 Å². The van der Waals surface area contributed by atoms with Crippen molar-refractivity contribution in [2.45, 2.75) is 26.4 Å². The van der Waals surface area contributed by atoms with Gasteiger partial charge in [-0.15, -0.1) is 0 Å². The standard InChI is InChI=1S/C10H14FNO/c1-7-4-5-8(6-9(7)11)10(2,3)13-12/h4-6H,12H2,1-3H3. The Kier molecular flexibility index (Phi) is 2.68. The molecule has 0 aliphatic rings. The van der Waals surface area contributed by atoms with Gasteiger partial charge in [0.1, 0.15) is 11.4 Å². The number of hydrogen-bond acceptors (Lipinski definition) is 2. The van der Waals surface area contributed by atoms with E-state index in [1.54, 1.807) is 26.8 Å². The van der Waals surface area contributed by atoms with Crippen LogP contribution in [0.2, 0.25) is 0 Å². The fourth-order valence-corrected chi connectivity index (χ4v) is 1.04. The predicted octanol–water partition coefficient (Wildman–Crippen LogP) is 2.26. The fourth-order valence-electron chi connectivity index (χ4n) is 1.04. The van der Waals surface area contributed by atoms with Gasteiger partial charge in [0.2, 0.25) is 0 Å². The van der Waals surface area contributed by atoms with E-state index in [-0.39, 0.29) is 5.82 Å². The third kappa shape index (κ3) is 2.05. The smallest absolute Gasteiger partial charge is 0.126 e. The van der Waals surface area contributed by atoms with Crippen LogP contribution < -0.4 is 5.90 Å². The van der Waals surface area contributed by atoms with Crippen molar-refractivity contribution >= 4 is 0 Å². The molecule has 0 aromatic heterocycles. The van der Waals surface area contributed by atoms with Gasteiger partial charge in [-0.05, 0) is 38.0 Å². The number of aryl methyl sites for hydroxylation is 1. The topological polar surface area (TPSA) is 35.2 Å². The highest BCUT2D eigenvalue weighted by molar-refractivity contribution is 5.27. The molecule has 1 rings (SSSR count). The molecular formula is C10H14FNO. The van der Waals surface area contributed by atoms with Crippen molar-refractivity contribution in [2.24, 2.45) is 5.90 Å². The summed E-state index contributed by atoms with van der Waals surface area (Å²) < 4.78 is 13.1. The highest BCUT2D eigenvalue weighted by Crippen LogP contribution is 2.24. The molecule has 0 saturated heterocycles. The van der Waals surface area contributed by atoms with Gasteiger partial charge in [-0.25, -0.2) is 10.3 Å². The molecule has 13 heavy (non-hydrogen) atoms. The third-order valence-corrected chi connectivity index (χ3v) is 2.16. The van der Waals surface area contributed by atoms with E-state index in [1.807, 2.05) is 6.07 Å². The summed E-state index contributed by atoms with van der Waals surface area (Å²) in [6.07, 6.45) is 0. The maximum Gasteiger partial charge on any atom is 0.126 e. The average molecular weight is 183 g/mol. The fraction of sp³-hybridized carbons (Fsp3) is 0.400. The first kappa shape index (κ1) is 10.2. The zero-order chi connectivity index (χ0) is 10.1. The summed E-state index contributed by atoms with van der Waals surface area (Å²) in [5.41, 5.74) is 0.712. The maximum atomic E-state index is 13.1. The van der Waals surface area contributed by atoms with Gasteiger partial charge in [0.15, 0.2) is 0 Å². The minimum Gasteiger partial charge on any atom is -0.294 e. The number of benzene rings is 1. The van der Waals surface area contributed by atoms with E-state index in [9.17, 15) is 4.39 Å². The van der Waals surface area contributed by atoms with Crippen molar-refractivity contribution in [2.75, 3.05) is 0 Å². The van der Waals surface area contributed by atoms with Crippen LogP contribution in [0.25, 0.3) is 0 Å². The highest BCUT2D eigenvalue weighted by Gasteiger charge is 2.21. The molecule has 1 aromatic carbocycles. The summed E-state index contributed by atoms with van der Waals surface area (Å²) >= 11 is 0. The van der Waals surface area contributed by atoms with E-state index in [4.69, 9.17) is 10.7 Å². The first-order valence-corrected chi connectivity index (χ1v) is 4.12. The molecule has 1 aromatic rings. The normalized spacial score (nSPS) is 11.8. The lowest BCUT2D eigenvalue weighted by molar-refractivity contribution is -0.0238. The lowest BCUT2D eigenvalue weighted by atomic mass is 9.97. The molecule has 0 aliphatic heterocycles. The number of halogens is 1. The Morgan fingerprint density at radius 2 is 2.00 bits per heavy atom. The minimum atomic E-state index is -0.644. The molecule has 0 atom stereocenters. The molecule has 2 nitrogen and oxygen atoms in total. The van der Waals surface area contributed by atoms with Crippen LogP contribution in [0.1, 0.15) is 25.0 Å². The number of nitrogens with two attached hydrogens (primary N) is 1. The quantitative estimate of drug-likeness (QED) is 0.714. The zero-order valence-corrected chi connectivity index (χ0v) is 8.10. The summed E-state index contributed by atoms with van der Waals surface area (Å²) in [6.45, 7) is 5.30. The van der Waals surface area contributed by atoms with Gasteiger partial charge in [-0.1, -0.05) is 12.1 Å². The van der Waals surface area contributed by atoms with Crippen molar-refractivity contribution in [3.63, 3.8) is 0 Å². The van der Waals surface area contributed by atoms with Crippen LogP contribution in [-0.4, -0.2) is 0 Å². The molecule has 0 unspecified atom stereocenters. The van der Waals surface area contributed by atoms with Crippen LogP contribution in [0.3, 0.4) is 0 Å². The van der Waals surface area contributed by atoms with Crippen LogP contribution in [-0.2, 0) is 10.4 Å². The van der Waals surface area contributed by atoms with Gasteiger partial charge in [0.05, 0.1) is 0 Å². The second-order valence-corrected chi connectivity index (χ2v) is 3.59. The van der Waals surface area contributed by atoms with Crippen LogP contribution in [0.15, 0.2) is 18.2 Å². The van der Waals surface area contributed by atoms with Gasteiger partial charge in [-0.2, -0.15) is 0 Å². The molecule has 0 fully saturated rings. The van der Waals surface area contributed by atoms with Gasteiger partial charge >= 0.3 is 0 Å². The largest absolute Gasteiger partial charge is 0.294 e. The summed E-state index contributed by atoms with van der Waals surface area (Å²) in [6, 6.07) is 4.97. The van der Waals surface area contributed by atoms with E-state index in [2.05, 4.69) is 0 Å². The van der Waals surface area contributed by atoms with Gasteiger partial charge in [0, 0.05) is 0 Å². The van der Waals surface area contributed by atoms with Crippen LogP contribution in [0.4, 0.5) is 4.39 Å². The van der Waals surface area contributed by atoms with Gasteiger partial charge in [0.25, 0.3) is 0 Å². The summed E-state index contributed by atoms with van der Waals surface area (Å²) in [5.74, 6) is 4.87. The SMILES string of the molecule is Cc1ccc(C(C)(C)ON)cc1F. The van der Waals surface area contributed by atoms with Gasteiger partial charge in [-0.3, -0.25) is 4.84 Å². The number of rotatable bonds is 2. The van der Waals surface area contributed by atoms with Crippen molar-refractivity contribution in [3.8, 4) is 0 Å². The van der Waals surface area contributed by atoms with Crippen LogP contribution in [0, 0.1) is 12.7 Å². The molecule has 0 amide bonds. The second kappa shape index (κ2) is 3.44. The van der Waals surface area contributed by atoms with E-state index in [0.29, 0.717) is 5.56 Å². The molecule has 0 spiro atoms. The molecule has 0 aliphatic carbocycles. The Hall–Kier alpha value is -0.930. The van der Waals surface area contributed by atoms with E-state index in [0.717, 1.165) is 5.56 Å². The molecule has 0 radical (unpaired) electrons. The summed E-state index contributed by atoms with van der Waals surface area (Å²) in [7, 11) is 0. The minimum absolute atomic E-state index is 0.234. The molecule has 2 N–H and O–H groups in total. The lowest BCUT2D eigenvalue weighted by Gasteiger charge is -2.22. The van der Waals surface area contributed by atoms with Crippen LogP contribution in [0.5, 0.6) is 0 Å². The molecular weight excluding hydrogens is 169 g/mol. The zero-order valence-electron chi connectivity index (χ0n) is 8.10. The summed E-state index contributed by atoms with van der Waals surface area (Å²) in [4.78, 5) is 4.75. The van der Waals surface area contributed by atoms with E-state index < -0.39 is 5.60 Å². The van der Waals surface area contributed by atoms with Gasteiger partial charge < -0.3 is 0 Å². The third-order valence-electron chi connectivity index (χ3n) is 2.16. The maximum absolute atomic E-state index is 13.1. The molecule has 72 valence electrons. The highest BCUT2D eigenvalue weighted by atomic mass is 19.1. The predicted molar refractivity (Wildman–Crippen MR) is 49.4 cm³/mol. The van der Waals surface area contributed by atoms with E-state index in [1.165, 1.54) is 6.07 Å². The molecule has 0 heterocycles. The van der Waals surface area contributed by atoms with Crippen molar-refractivity contribution in [1.29, 1.82) is 0 Å². The van der Waals surface area contributed by atoms with Crippen LogP contribution >= 0.6 is 0 Å². The second-order valence-electron chi connectivity index (χ2n) is 3.59. The first-order chi connectivity index (χ1) is 5.97. The number of hydrogen-bond donors (Lipinski definition) is 1.